The number of aromatic nitrogens is 2. The number of carbonyl (C=O) groups is 1. The predicted molar refractivity (Wildman–Crippen MR) is 67.0 cm³/mol. The molecule has 2 aromatic rings. The van der Waals surface area contributed by atoms with Crippen LogP contribution in [0.3, 0.4) is 0 Å². The Labute approximate surface area is 104 Å². The molecule has 0 aromatic carbocycles. The second-order valence-electron chi connectivity index (χ2n) is 4.67. The molecule has 2 N–H and O–H groups in total. The van der Waals surface area contributed by atoms with Crippen LogP contribution in [0.5, 0.6) is 0 Å². The number of β-amino-alcohol motifs (C(OH)–C–C–N with tert-alkyl or cyclic N) is 1. The third-order valence-electron chi connectivity index (χ3n) is 3.39. The number of hydrogen-bond donors (Lipinski definition) is 2. The summed E-state index contributed by atoms with van der Waals surface area (Å²) in [7, 11) is 0. The molecule has 1 saturated heterocycles. The van der Waals surface area contributed by atoms with Crippen molar-refractivity contribution in [3.63, 3.8) is 0 Å². The maximum Gasteiger partial charge on any atom is 0.227 e. The molecule has 3 rings (SSSR count). The van der Waals surface area contributed by atoms with Crippen LogP contribution in [0, 0.1) is 0 Å². The molecule has 94 valence electrons. The number of fused-ring (bicyclic) bond motifs is 1. The lowest BCUT2D eigenvalue weighted by Gasteiger charge is -2.14. The van der Waals surface area contributed by atoms with E-state index in [9.17, 15) is 9.90 Å². The molecule has 2 aromatic heterocycles. The van der Waals surface area contributed by atoms with Gasteiger partial charge in [0.1, 0.15) is 5.65 Å². The zero-order chi connectivity index (χ0) is 12.5. The molecule has 0 saturated carbocycles. The molecule has 3 heterocycles. The second kappa shape index (κ2) is 4.42. The van der Waals surface area contributed by atoms with Gasteiger partial charge in [-0.1, -0.05) is 0 Å². The largest absolute Gasteiger partial charge is 0.391 e. The number of carbonyl (C=O) groups excluding carboxylic acids is 1. The summed E-state index contributed by atoms with van der Waals surface area (Å²) in [6.07, 6.45) is 4.24. The van der Waals surface area contributed by atoms with E-state index < -0.39 is 0 Å². The Morgan fingerprint density at radius 2 is 2.50 bits per heavy atom. The smallest absolute Gasteiger partial charge is 0.227 e. The molecule has 5 heteroatoms. The van der Waals surface area contributed by atoms with Crippen molar-refractivity contribution < 1.29 is 9.90 Å². The van der Waals surface area contributed by atoms with E-state index >= 15 is 0 Å². The normalized spacial score (nSPS) is 19.6. The average molecular weight is 245 g/mol. The van der Waals surface area contributed by atoms with Gasteiger partial charge in [0.15, 0.2) is 0 Å². The summed E-state index contributed by atoms with van der Waals surface area (Å²) in [5.74, 6) is 0.0660. The number of rotatable bonds is 2. The number of hydrogen-bond acceptors (Lipinski definition) is 3. The predicted octanol–water partition coefficient (Wildman–Crippen LogP) is 0.699. The van der Waals surface area contributed by atoms with Crippen molar-refractivity contribution in [2.45, 2.75) is 18.9 Å². The van der Waals surface area contributed by atoms with E-state index in [0.29, 0.717) is 25.9 Å². The van der Waals surface area contributed by atoms with Crippen LogP contribution in [0.1, 0.15) is 12.0 Å². The van der Waals surface area contributed by atoms with Gasteiger partial charge in [0.2, 0.25) is 5.91 Å². The molecule has 0 aliphatic carbocycles. The molecule has 1 atom stereocenters. The molecule has 1 amide bonds. The number of likely N-dealkylation sites (tertiary alicyclic amines) is 1. The Kier molecular flexibility index (Phi) is 2.76. The molecule has 18 heavy (non-hydrogen) atoms. The highest BCUT2D eigenvalue weighted by Crippen LogP contribution is 2.18. The summed E-state index contributed by atoms with van der Waals surface area (Å²) >= 11 is 0. The Hall–Kier alpha value is -1.88. The number of pyridine rings is 1. The number of amides is 1. The van der Waals surface area contributed by atoms with Gasteiger partial charge in [-0.3, -0.25) is 4.79 Å². The van der Waals surface area contributed by atoms with Crippen LogP contribution in [0.2, 0.25) is 0 Å². The van der Waals surface area contributed by atoms with Crippen molar-refractivity contribution in [1.82, 2.24) is 14.9 Å². The third-order valence-corrected chi connectivity index (χ3v) is 3.39. The van der Waals surface area contributed by atoms with Crippen molar-refractivity contribution in [1.29, 1.82) is 0 Å². The van der Waals surface area contributed by atoms with Gasteiger partial charge in [-0.05, 0) is 24.1 Å². The van der Waals surface area contributed by atoms with Crippen molar-refractivity contribution >= 4 is 16.9 Å². The first-order valence-electron chi connectivity index (χ1n) is 6.11. The average Bonchev–Trinajstić information content (AvgIpc) is 2.97. The zero-order valence-electron chi connectivity index (χ0n) is 9.97. The summed E-state index contributed by atoms with van der Waals surface area (Å²) in [6, 6.07) is 3.82. The van der Waals surface area contributed by atoms with Gasteiger partial charge in [-0.2, -0.15) is 0 Å². The summed E-state index contributed by atoms with van der Waals surface area (Å²) < 4.78 is 0. The highest BCUT2D eigenvalue weighted by molar-refractivity contribution is 5.87. The summed E-state index contributed by atoms with van der Waals surface area (Å²) in [5, 5.41) is 10.4. The molecule has 0 radical (unpaired) electrons. The lowest BCUT2D eigenvalue weighted by Crippen LogP contribution is -2.30. The van der Waals surface area contributed by atoms with Crippen LogP contribution in [0.4, 0.5) is 0 Å². The number of nitrogens with zero attached hydrogens (tertiary/aromatic N) is 2. The fourth-order valence-corrected chi connectivity index (χ4v) is 2.40. The third kappa shape index (κ3) is 1.97. The minimum atomic E-state index is -0.362. The highest BCUT2D eigenvalue weighted by atomic mass is 16.3. The number of aromatic amines is 1. The van der Waals surface area contributed by atoms with Gasteiger partial charge in [0.25, 0.3) is 0 Å². The maximum atomic E-state index is 12.1. The fourth-order valence-electron chi connectivity index (χ4n) is 2.40. The van der Waals surface area contributed by atoms with E-state index in [1.54, 1.807) is 11.1 Å². The summed E-state index contributed by atoms with van der Waals surface area (Å²) in [6.45, 7) is 1.11. The molecule has 1 fully saturated rings. The molecule has 0 spiro atoms. The van der Waals surface area contributed by atoms with Gasteiger partial charge < -0.3 is 15.0 Å². The lowest BCUT2D eigenvalue weighted by molar-refractivity contribution is -0.129. The van der Waals surface area contributed by atoms with Crippen LogP contribution >= 0.6 is 0 Å². The molecule has 1 aliphatic heterocycles. The van der Waals surface area contributed by atoms with Gasteiger partial charge in [0, 0.05) is 30.9 Å². The number of aliphatic hydroxyl groups excluding tert-OH is 1. The van der Waals surface area contributed by atoms with Crippen molar-refractivity contribution in [3.8, 4) is 0 Å². The van der Waals surface area contributed by atoms with Crippen molar-refractivity contribution in [2.24, 2.45) is 0 Å². The Morgan fingerprint density at radius 1 is 1.61 bits per heavy atom. The Balaban J connectivity index is 1.78. The summed E-state index contributed by atoms with van der Waals surface area (Å²) in [5.41, 5.74) is 1.77. The van der Waals surface area contributed by atoms with Gasteiger partial charge in [0.05, 0.1) is 12.5 Å². The maximum absolute atomic E-state index is 12.1. The second-order valence-corrected chi connectivity index (χ2v) is 4.67. The van der Waals surface area contributed by atoms with Gasteiger partial charge in [-0.25, -0.2) is 4.98 Å². The first-order valence-corrected chi connectivity index (χ1v) is 6.11. The van der Waals surface area contributed by atoms with Crippen LogP contribution in [-0.4, -0.2) is 45.1 Å². The van der Waals surface area contributed by atoms with E-state index in [-0.39, 0.29) is 12.0 Å². The van der Waals surface area contributed by atoms with E-state index in [4.69, 9.17) is 0 Å². The molecular formula is C13H15N3O2. The Bertz CT molecular complexity index is 578. The van der Waals surface area contributed by atoms with Gasteiger partial charge >= 0.3 is 0 Å². The summed E-state index contributed by atoms with van der Waals surface area (Å²) in [4.78, 5) is 21.1. The number of aliphatic hydroxyl groups is 1. The van der Waals surface area contributed by atoms with E-state index in [0.717, 1.165) is 16.6 Å². The quantitative estimate of drug-likeness (QED) is 0.818. The first kappa shape index (κ1) is 11.2. The van der Waals surface area contributed by atoms with E-state index in [2.05, 4.69) is 9.97 Å². The van der Waals surface area contributed by atoms with Crippen LogP contribution in [0.15, 0.2) is 24.5 Å². The highest BCUT2D eigenvalue weighted by Gasteiger charge is 2.24. The van der Waals surface area contributed by atoms with Crippen LogP contribution in [0.25, 0.3) is 11.0 Å². The van der Waals surface area contributed by atoms with E-state index in [1.807, 2.05) is 18.3 Å². The van der Waals surface area contributed by atoms with E-state index in [1.165, 1.54) is 0 Å². The molecule has 5 nitrogen and oxygen atoms in total. The number of nitrogens with one attached hydrogen (secondary N) is 1. The standard InChI is InChI=1S/C13H15N3O2/c17-10-3-5-16(8-10)12(18)6-9-7-15-13-11(9)2-1-4-14-13/h1-2,4,7,10,17H,3,5-6,8H2,(H,14,15)/t10-/m1/s1. The Morgan fingerprint density at radius 3 is 3.28 bits per heavy atom. The number of H-pyrrole nitrogens is 1. The SMILES string of the molecule is O=C(Cc1c[nH]c2ncccc12)N1CC[C@@H](O)C1. The minimum absolute atomic E-state index is 0.0660. The molecule has 0 bridgehead atoms. The monoisotopic (exact) mass is 245 g/mol. The minimum Gasteiger partial charge on any atom is -0.391 e. The van der Waals surface area contributed by atoms with Crippen molar-refractivity contribution in [2.75, 3.05) is 13.1 Å². The molecule has 1 aliphatic rings. The topological polar surface area (TPSA) is 69.2 Å². The van der Waals surface area contributed by atoms with Crippen molar-refractivity contribution in [3.05, 3.63) is 30.1 Å². The zero-order valence-corrected chi connectivity index (χ0v) is 9.97. The molecular weight excluding hydrogens is 230 g/mol. The fraction of sp³-hybridized carbons (Fsp3) is 0.385. The molecule has 0 unspecified atom stereocenters. The lowest BCUT2D eigenvalue weighted by atomic mass is 10.1. The van der Waals surface area contributed by atoms with Crippen LogP contribution < -0.4 is 0 Å². The first-order chi connectivity index (χ1) is 8.74. The van der Waals surface area contributed by atoms with Crippen LogP contribution in [-0.2, 0) is 11.2 Å². The van der Waals surface area contributed by atoms with Gasteiger partial charge in [-0.15, -0.1) is 0 Å².